The zero-order chi connectivity index (χ0) is 15.3. The molecular formula is C11H12F4N2O3. The second kappa shape index (κ2) is 6.42. The van der Waals surface area contributed by atoms with E-state index in [-0.39, 0.29) is 24.5 Å². The van der Waals surface area contributed by atoms with Crippen LogP contribution >= 0.6 is 0 Å². The molecule has 0 aliphatic heterocycles. The van der Waals surface area contributed by atoms with Gasteiger partial charge in [-0.1, -0.05) is 0 Å². The SMILES string of the molecule is Nc1cc(C(=O)O)c(F)cc1NCCOCC(F)(F)F. The number of nitrogen functional groups attached to an aromatic ring is 1. The molecule has 0 spiro atoms. The average Bonchev–Trinajstić information content (AvgIpc) is 2.30. The minimum atomic E-state index is -4.41. The minimum absolute atomic E-state index is 0.0281. The van der Waals surface area contributed by atoms with Gasteiger partial charge in [0.15, 0.2) is 0 Å². The molecule has 1 aromatic rings. The highest BCUT2D eigenvalue weighted by Crippen LogP contribution is 2.23. The van der Waals surface area contributed by atoms with E-state index in [0.717, 1.165) is 12.1 Å². The first-order chi connectivity index (χ1) is 9.20. The van der Waals surface area contributed by atoms with Crippen LogP contribution in [0, 0.1) is 5.82 Å². The van der Waals surface area contributed by atoms with Crippen LogP contribution in [0.15, 0.2) is 12.1 Å². The molecule has 20 heavy (non-hydrogen) atoms. The molecule has 0 aromatic heterocycles. The number of halogens is 4. The molecule has 0 aliphatic carbocycles. The van der Waals surface area contributed by atoms with Crippen molar-refractivity contribution in [2.75, 3.05) is 30.8 Å². The Morgan fingerprint density at radius 1 is 1.40 bits per heavy atom. The van der Waals surface area contributed by atoms with Gasteiger partial charge in [0.05, 0.1) is 23.5 Å². The van der Waals surface area contributed by atoms with Crippen LogP contribution in [0.1, 0.15) is 10.4 Å². The molecule has 5 nitrogen and oxygen atoms in total. The van der Waals surface area contributed by atoms with Crippen molar-refractivity contribution in [3.05, 3.63) is 23.5 Å². The molecule has 0 aliphatic rings. The monoisotopic (exact) mass is 296 g/mol. The van der Waals surface area contributed by atoms with Crippen molar-refractivity contribution in [3.8, 4) is 0 Å². The number of alkyl halides is 3. The smallest absolute Gasteiger partial charge is 0.411 e. The highest BCUT2D eigenvalue weighted by atomic mass is 19.4. The summed E-state index contributed by atoms with van der Waals surface area (Å²) in [4.78, 5) is 10.6. The zero-order valence-corrected chi connectivity index (χ0v) is 10.1. The number of rotatable bonds is 6. The van der Waals surface area contributed by atoms with Crippen LogP contribution in [-0.2, 0) is 4.74 Å². The topological polar surface area (TPSA) is 84.6 Å². The summed E-state index contributed by atoms with van der Waals surface area (Å²) in [5, 5.41) is 11.2. The molecular weight excluding hydrogens is 284 g/mol. The molecule has 0 unspecified atom stereocenters. The zero-order valence-electron chi connectivity index (χ0n) is 10.1. The minimum Gasteiger partial charge on any atom is -0.478 e. The summed E-state index contributed by atoms with van der Waals surface area (Å²) in [7, 11) is 0. The van der Waals surface area contributed by atoms with E-state index in [2.05, 4.69) is 10.1 Å². The fraction of sp³-hybridized carbons (Fsp3) is 0.364. The van der Waals surface area contributed by atoms with Crippen LogP contribution in [-0.4, -0.2) is 37.0 Å². The summed E-state index contributed by atoms with van der Waals surface area (Å²) in [6, 6.07) is 1.79. The van der Waals surface area contributed by atoms with Gasteiger partial charge in [-0.3, -0.25) is 0 Å². The van der Waals surface area contributed by atoms with Gasteiger partial charge in [0.25, 0.3) is 0 Å². The predicted molar refractivity (Wildman–Crippen MR) is 63.1 cm³/mol. The van der Waals surface area contributed by atoms with E-state index < -0.39 is 30.1 Å². The molecule has 9 heteroatoms. The van der Waals surface area contributed by atoms with Gasteiger partial charge in [0.1, 0.15) is 12.4 Å². The molecule has 4 N–H and O–H groups in total. The fourth-order valence-electron chi connectivity index (χ4n) is 1.35. The van der Waals surface area contributed by atoms with Gasteiger partial charge in [0, 0.05) is 6.54 Å². The third kappa shape index (κ3) is 4.92. The van der Waals surface area contributed by atoms with Crippen molar-refractivity contribution in [1.29, 1.82) is 0 Å². The van der Waals surface area contributed by atoms with Crippen molar-refractivity contribution in [3.63, 3.8) is 0 Å². The fourth-order valence-corrected chi connectivity index (χ4v) is 1.35. The maximum atomic E-state index is 13.4. The summed E-state index contributed by atoms with van der Waals surface area (Å²) >= 11 is 0. The molecule has 0 atom stereocenters. The van der Waals surface area contributed by atoms with Crippen LogP contribution in [0.2, 0.25) is 0 Å². The molecule has 1 rings (SSSR count). The van der Waals surface area contributed by atoms with E-state index in [1.54, 1.807) is 0 Å². The van der Waals surface area contributed by atoms with Crippen LogP contribution in [0.4, 0.5) is 28.9 Å². The van der Waals surface area contributed by atoms with Gasteiger partial charge in [-0.25, -0.2) is 9.18 Å². The van der Waals surface area contributed by atoms with Crippen LogP contribution in [0.25, 0.3) is 0 Å². The van der Waals surface area contributed by atoms with E-state index in [0.29, 0.717) is 0 Å². The number of carboxylic acids is 1. The van der Waals surface area contributed by atoms with Crippen molar-refractivity contribution in [1.82, 2.24) is 0 Å². The molecule has 0 heterocycles. The Labute approximate surface area is 111 Å². The van der Waals surface area contributed by atoms with Crippen molar-refractivity contribution in [2.45, 2.75) is 6.18 Å². The molecule has 0 saturated carbocycles. The molecule has 1 aromatic carbocycles. The van der Waals surface area contributed by atoms with Gasteiger partial charge in [0.2, 0.25) is 0 Å². The second-order valence-corrected chi connectivity index (χ2v) is 3.82. The van der Waals surface area contributed by atoms with Crippen molar-refractivity contribution < 1.29 is 32.2 Å². The van der Waals surface area contributed by atoms with E-state index in [9.17, 15) is 22.4 Å². The molecule has 0 bridgehead atoms. The first-order valence-electron chi connectivity index (χ1n) is 5.41. The molecule has 0 amide bonds. The number of carboxylic acid groups (broad SMARTS) is 1. The molecule has 0 radical (unpaired) electrons. The average molecular weight is 296 g/mol. The van der Waals surface area contributed by atoms with E-state index in [4.69, 9.17) is 10.8 Å². The number of carbonyl (C=O) groups is 1. The van der Waals surface area contributed by atoms with E-state index in [1.165, 1.54) is 0 Å². The number of ether oxygens (including phenoxy) is 1. The number of hydrogen-bond donors (Lipinski definition) is 3. The van der Waals surface area contributed by atoms with Gasteiger partial charge in [-0.2, -0.15) is 13.2 Å². The highest BCUT2D eigenvalue weighted by Gasteiger charge is 2.27. The van der Waals surface area contributed by atoms with Gasteiger partial charge in [-0.15, -0.1) is 0 Å². The summed E-state index contributed by atoms with van der Waals surface area (Å²) in [5.41, 5.74) is 4.97. The Bertz CT molecular complexity index is 491. The Hall–Kier alpha value is -2.03. The molecule has 112 valence electrons. The first kappa shape index (κ1) is 16.0. The molecule has 0 saturated heterocycles. The normalized spacial score (nSPS) is 11.4. The predicted octanol–water partition coefficient (Wildman–Crippen LogP) is 2.10. The maximum Gasteiger partial charge on any atom is 0.411 e. The Morgan fingerprint density at radius 3 is 2.60 bits per heavy atom. The Morgan fingerprint density at radius 2 is 2.05 bits per heavy atom. The van der Waals surface area contributed by atoms with Gasteiger partial charge >= 0.3 is 12.1 Å². The first-order valence-corrected chi connectivity index (χ1v) is 5.41. The largest absolute Gasteiger partial charge is 0.478 e. The van der Waals surface area contributed by atoms with Crippen LogP contribution < -0.4 is 11.1 Å². The number of benzene rings is 1. The lowest BCUT2D eigenvalue weighted by Crippen LogP contribution is -2.20. The highest BCUT2D eigenvalue weighted by molar-refractivity contribution is 5.90. The summed E-state index contributed by atoms with van der Waals surface area (Å²) in [5.74, 6) is -2.46. The summed E-state index contributed by atoms with van der Waals surface area (Å²) in [6.45, 7) is -1.68. The molecule has 0 fully saturated rings. The Kier molecular flexibility index (Phi) is 5.14. The lowest BCUT2D eigenvalue weighted by Gasteiger charge is -2.12. The van der Waals surface area contributed by atoms with Crippen LogP contribution in [0.3, 0.4) is 0 Å². The van der Waals surface area contributed by atoms with Crippen molar-refractivity contribution >= 4 is 17.3 Å². The van der Waals surface area contributed by atoms with Gasteiger partial charge < -0.3 is 20.9 Å². The number of nitrogens with one attached hydrogen (secondary N) is 1. The van der Waals surface area contributed by atoms with Crippen molar-refractivity contribution in [2.24, 2.45) is 0 Å². The summed E-state index contributed by atoms with van der Waals surface area (Å²) in [6.07, 6.45) is -4.41. The van der Waals surface area contributed by atoms with E-state index in [1.807, 2.05) is 0 Å². The summed E-state index contributed by atoms with van der Waals surface area (Å²) < 4.78 is 53.0. The number of aromatic carboxylic acids is 1. The number of nitrogens with two attached hydrogens (primary N) is 1. The lowest BCUT2D eigenvalue weighted by molar-refractivity contribution is -0.172. The number of anilines is 2. The third-order valence-corrected chi connectivity index (χ3v) is 2.20. The van der Waals surface area contributed by atoms with Crippen LogP contribution in [0.5, 0.6) is 0 Å². The Balaban J connectivity index is 2.53. The lowest BCUT2D eigenvalue weighted by atomic mass is 10.1. The number of hydrogen-bond acceptors (Lipinski definition) is 4. The standard InChI is InChI=1S/C11H12F4N2O3/c12-7-4-9(8(16)3-6(7)10(18)19)17-1-2-20-5-11(13,14)15/h3-4,17H,1-2,5,16H2,(H,18,19). The second-order valence-electron chi connectivity index (χ2n) is 3.82. The van der Waals surface area contributed by atoms with E-state index >= 15 is 0 Å². The van der Waals surface area contributed by atoms with Gasteiger partial charge in [-0.05, 0) is 12.1 Å². The quantitative estimate of drug-likeness (QED) is 0.425. The maximum absolute atomic E-state index is 13.4. The third-order valence-electron chi connectivity index (χ3n) is 2.20.